The van der Waals surface area contributed by atoms with Gasteiger partial charge >= 0.3 is 6.09 Å². The van der Waals surface area contributed by atoms with Gasteiger partial charge in [0.15, 0.2) is 0 Å². The van der Waals surface area contributed by atoms with Crippen LogP contribution in [0.1, 0.15) is 69.9 Å². The zero-order valence-corrected chi connectivity index (χ0v) is 28.2. The normalized spacial score (nSPS) is 20.5. The standard InChI is InChI=1S/C33H46N6O7S/c1-21(25-15-22(19-47-25)29(35)38-31(43)46-32(2,3)4)37-30(42)24-16-33(20-44-14-12-34)17-26(33)39(24)28(41)18-36-27(40)11-8-13-45-23-9-6-5-7-10-23/h5-7,9-10,15,19,21,24,26H,8,11-14,16-18,20,34H2,1-4H3,(H,36,40)(H,37,42)(H2,35,38,43)/t21-,24+,26+,33-/m1/s1. The number of alkyl carbamates (subject to hydrolysis) is 1. The number of likely N-dealkylation sites (tertiary alicyclic amines) is 1. The van der Waals surface area contributed by atoms with Gasteiger partial charge in [-0.05, 0) is 65.2 Å². The molecule has 0 unspecified atom stereocenters. The van der Waals surface area contributed by atoms with Crippen molar-refractivity contribution in [1.29, 1.82) is 5.41 Å². The van der Waals surface area contributed by atoms with Gasteiger partial charge in [-0.2, -0.15) is 0 Å². The number of benzene rings is 1. The predicted octanol–water partition coefficient (Wildman–Crippen LogP) is 3.09. The van der Waals surface area contributed by atoms with Crippen LogP contribution in [0.25, 0.3) is 0 Å². The zero-order chi connectivity index (χ0) is 34.2. The van der Waals surface area contributed by atoms with Crippen molar-refractivity contribution in [2.75, 3.05) is 32.9 Å². The number of thiophene rings is 1. The third kappa shape index (κ3) is 9.99. The molecule has 1 aromatic carbocycles. The number of fused-ring (bicyclic) bond motifs is 1. The Bertz CT molecular complexity index is 1430. The molecule has 47 heavy (non-hydrogen) atoms. The fraction of sp³-hybridized carbons (Fsp3) is 0.545. The van der Waals surface area contributed by atoms with E-state index in [1.807, 2.05) is 37.3 Å². The summed E-state index contributed by atoms with van der Waals surface area (Å²) >= 11 is 1.34. The molecule has 2 aromatic rings. The molecule has 1 saturated carbocycles. The van der Waals surface area contributed by atoms with Crippen LogP contribution >= 0.6 is 11.3 Å². The number of carbonyl (C=O) groups excluding carboxylic acids is 4. The Balaban J connectivity index is 1.32. The first-order valence-corrected chi connectivity index (χ1v) is 16.7. The first kappa shape index (κ1) is 35.8. The fourth-order valence-corrected chi connectivity index (χ4v) is 6.55. The Hall–Kier alpha value is -4.01. The van der Waals surface area contributed by atoms with Gasteiger partial charge in [0.05, 0.1) is 32.4 Å². The summed E-state index contributed by atoms with van der Waals surface area (Å²) in [6, 6.07) is 9.75. The number of carbonyl (C=O) groups is 4. The van der Waals surface area contributed by atoms with Crippen LogP contribution in [0.15, 0.2) is 41.8 Å². The Morgan fingerprint density at radius 2 is 1.89 bits per heavy atom. The number of nitrogens with two attached hydrogens (primary N) is 1. The van der Waals surface area contributed by atoms with Crippen molar-refractivity contribution in [2.45, 2.75) is 77.1 Å². The third-order valence-electron chi connectivity index (χ3n) is 7.98. The van der Waals surface area contributed by atoms with Crippen molar-refractivity contribution in [1.82, 2.24) is 20.9 Å². The molecule has 0 spiro atoms. The number of hydrogen-bond donors (Lipinski definition) is 5. The molecule has 1 saturated heterocycles. The van der Waals surface area contributed by atoms with Gasteiger partial charge < -0.3 is 35.5 Å². The average Bonchev–Trinajstić information content (AvgIpc) is 3.34. The second-order valence-corrected chi connectivity index (χ2v) is 13.9. The molecule has 1 aromatic heterocycles. The van der Waals surface area contributed by atoms with Crippen molar-refractivity contribution >= 4 is 41.0 Å². The molecule has 2 fully saturated rings. The van der Waals surface area contributed by atoms with Gasteiger partial charge in [-0.3, -0.25) is 25.1 Å². The molecule has 1 aliphatic carbocycles. The summed E-state index contributed by atoms with van der Waals surface area (Å²) in [5.41, 5.74) is 5.06. The predicted molar refractivity (Wildman–Crippen MR) is 177 cm³/mol. The topological polar surface area (TPSA) is 185 Å². The summed E-state index contributed by atoms with van der Waals surface area (Å²) in [5.74, 6) is -0.281. The van der Waals surface area contributed by atoms with Crippen LogP contribution < -0.4 is 26.4 Å². The highest BCUT2D eigenvalue weighted by Crippen LogP contribution is 2.59. The van der Waals surface area contributed by atoms with E-state index in [1.165, 1.54) is 11.3 Å². The number of nitrogens with zero attached hydrogens (tertiary/aromatic N) is 1. The Morgan fingerprint density at radius 3 is 2.60 bits per heavy atom. The molecule has 2 heterocycles. The highest BCUT2D eigenvalue weighted by atomic mass is 32.1. The zero-order valence-electron chi connectivity index (χ0n) is 27.4. The van der Waals surface area contributed by atoms with Gasteiger partial charge in [-0.15, -0.1) is 11.3 Å². The first-order chi connectivity index (χ1) is 22.3. The molecule has 256 valence electrons. The summed E-state index contributed by atoms with van der Waals surface area (Å²) in [5, 5.41) is 18.1. The SMILES string of the molecule is C[C@@H](NC(=O)[C@@H]1C[C@]2(COCCN)C[C@@H]2N1C(=O)CNC(=O)CCCOc1ccccc1)c1cc(C(=N)NC(=O)OC(C)(C)C)cs1. The molecular formula is C33H46N6O7S. The summed E-state index contributed by atoms with van der Waals surface area (Å²) in [6.45, 7) is 8.35. The van der Waals surface area contributed by atoms with Crippen LogP contribution in [0.3, 0.4) is 0 Å². The van der Waals surface area contributed by atoms with E-state index in [1.54, 1.807) is 37.1 Å². The molecule has 0 radical (unpaired) electrons. The smallest absolute Gasteiger partial charge is 0.413 e. The number of amidine groups is 1. The van der Waals surface area contributed by atoms with Crippen molar-refractivity contribution in [2.24, 2.45) is 11.1 Å². The molecule has 14 heteroatoms. The average molecular weight is 671 g/mol. The van der Waals surface area contributed by atoms with Crippen molar-refractivity contribution in [3.05, 3.63) is 52.2 Å². The van der Waals surface area contributed by atoms with Gasteiger partial charge in [0.25, 0.3) is 0 Å². The molecule has 4 atom stereocenters. The maximum atomic E-state index is 13.7. The van der Waals surface area contributed by atoms with Gasteiger partial charge in [0.2, 0.25) is 17.7 Å². The maximum Gasteiger partial charge on any atom is 0.413 e. The summed E-state index contributed by atoms with van der Waals surface area (Å²) in [7, 11) is 0. The molecule has 4 rings (SSSR count). The second kappa shape index (κ2) is 15.7. The molecular weight excluding hydrogens is 624 g/mol. The Kier molecular flexibility index (Phi) is 12.0. The quantitative estimate of drug-likeness (QED) is 0.109. The van der Waals surface area contributed by atoms with Crippen LogP contribution in [-0.4, -0.2) is 85.1 Å². The number of amides is 4. The van der Waals surface area contributed by atoms with E-state index in [0.29, 0.717) is 51.2 Å². The lowest BCUT2D eigenvalue weighted by atomic mass is 10.00. The maximum absolute atomic E-state index is 13.7. The van der Waals surface area contributed by atoms with Gasteiger partial charge in [-0.25, -0.2) is 4.79 Å². The first-order valence-electron chi connectivity index (χ1n) is 15.8. The minimum atomic E-state index is -0.729. The van der Waals surface area contributed by atoms with Crippen LogP contribution in [0, 0.1) is 10.8 Å². The van der Waals surface area contributed by atoms with Gasteiger partial charge in [0, 0.05) is 40.2 Å². The minimum absolute atomic E-state index is 0.113. The minimum Gasteiger partial charge on any atom is -0.494 e. The summed E-state index contributed by atoms with van der Waals surface area (Å²) < 4.78 is 16.6. The monoisotopic (exact) mass is 670 g/mol. The Morgan fingerprint density at radius 1 is 1.15 bits per heavy atom. The Labute approximate surface area is 279 Å². The molecule has 0 bridgehead atoms. The number of para-hydroxylation sites is 1. The molecule has 6 N–H and O–H groups in total. The fourth-order valence-electron chi connectivity index (χ4n) is 5.64. The molecule has 1 aliphatic heterocycles. The van der Waals surface area contributed by atoms with E-state index < -0.39 is 23.8 Å². The van der Waals surface area contributed by atoms with Gasteiger partial charge in [-0.1, -0.05) is 18.2 Å². The number of piperidine rings is 1. The van der Waals surface area contributed by atoms with Crippen LogP contribution in [0.4, 0.5) is 4.79 Å². The van der Waals surface area contributed by atoms with E-state index in [-0.39, 0.29) is 48.0 Å². The lowest BCUT2D eigenvalue weighted by molar-refractivity contribution is -0.140. The summed E-state index contributed by atoms with van der Waals surface area (Å²) in [4.78, 5) is 54.1. The number of nitrogens with one attached hydrogen (secondary N) is 4. The third-order valence-corrected chi connectivity index (χ3v) is 9.09. The lowest BCUT2D eigenvalue weighted by Crippen LogP contribution is -2.51. The van der Waals surface area contributed by atoms with Crippen LogP contribution in [0.5, 0.6) is 5.75 Å². The molecule has 13 nitrogen and oxygen atoms in total. The molecule has 4 amide bonds. The lowest BCUT2D eigenvalue weighted by Gasteiger charge is -2.28. The van der Waals surface area contributed by atoms with Crippen LogP contribution in [0.2, 0.25) is 0 Å². The highest BCUT2D eigenvalue weighted by Gasteiger charge is 2.67. The van der Waals surface area contributed by atoms with Gasteiger partial charge in [0.1, 0.15) is 23.2 Å². The van der Waals surface area contributed by atoms with Crippen molar-refractivity contribution < 1.29 is 33.4 Å². The number of rotatable bonds is 15. The van der Waals surface area contributed by atoms with E-state index in [4.69, 9.17) is 25.4 Å². The number of hydrogen-bond acceptors (Lipinski definition) is 10. The van der Waals surface area contributed by atoms with Crippen molar-refractivity contribution in [3.8, 4) is 5.75 Å². The van der Waals surface area contributed by atoms with Crippen molar-refractivity contribution in [3.63, 3.8) is 0 Å². The van der Waals surface area contributed by atoms with Crippen LogP contribution in [-0.2, 0) is 23.9 Å². The van der Waals surface area contributed by atoms with E-state index in [9.17, 15) is 19.2 Å². The number of ether oxygens (including phenoxy) is 3. The molecule has 2 aliphatic rings. The van der Waals surface area contributed by atoms with E-state index >= 15 is 0 Å². The van der Waals surface area contributed by atoms with E-state index in [2.05, 4.69) is 16.0 Å². The largest absolute Gasteiger partial charge is 0.494 e. The van der Waals surface area contributed by atoms with E-state index in [0.717, 1.165) is 10.6 Å². The second-order valence-electron chi connectivity index (χ2n) is 13.0. The summed E-state index contributed by atoms with van der Waals surface area (Å²) in [6.07, 6.45) is 1.13. The highest BCUT2D eigenvalue weighted by molar-refractivity contribution is 7.10.